The zero-order valence-corrected chi connectivity index (χ0v) is 9.73. The van der Waals surface area contributed by atoms with Crippen LogP contribution < -0.4 is 5.32 Å². The largest absolute Gasteiger partial charge is 0.390 e. The molecule has 0 spiro atoms. The van der Waals surface area contributed by atoms with E-state index in [-0.39, 0.29) is 0 Å². The summed E-state index contributed by atoms with van der Waals surface area (Å²) in [5, 5.41) is 17.3. The summed E-state index contributed by atoms with van der Waals surface area (Å²) in [6.45, 7) is 2.79. The second kappa shape index (κ2) is 5.49. The summed E-state index contributed by atoms with van der Waals surface area (Å²) in [6.07, 6.45) is 2.62. The third-order valence-electron chi connectivity index (χ3n) is 2.45. The molecule has 0 fully saturated rings. The minimum atomic E-state index is -0.537. The van der Waals surface area contributed by atoms with Crippen molar-refractivity contribution in [3.05, 3.63) is 22.4 Å². The third kappa shape index (κ3) is 4.22. The molecule has 0 bridgehead atoms. The Hall–Kier alpha value is -0.380. The molecule has 0 aliphatic heterocycles. The van der Waals surface area contributed by atoms with Crippen molar-refractivity contribution in [2.24, 2.45) is 0 Å². The molecule has 1 rings (SSSR count). The van der Waals surface area contributed by atoms with Crippen LogP contribution in [0.5, 0.6) is 0 Å². The second-order valence-corrected chi connectivity index (χ2v) is 4.76. The first kappa shape index (κ1) is 11.7. The summed E-state index contributed by atoms with van der Waals surface area (Å²) in [5.41, 5.74) is 0.796. The van der Waals surface area contributed by atoms with Crippen molar-refractivity contribution in [3.8, 4) is 0 Å². The van der Waals surface area contributed by atoms with Crippen LogP contribution in [0.1, 0.15) is 25.3 Å². The van der Waals surface area contributed by atoms with Gasteiger partial charge in [0.2, 0.25) is 0 Å². The van der Waals surface area contributed by atoms with Crippen LogP contribution in [0.15, 0.2) is 16.8 Å². The van der Waals surface area contributed by atoms with Crippen LogP contribution in [0, 0.1) is 0 Å². The smallest absolute Gasteiger partial charge is 0.0635 e. The molecule has 2 N–H and O–H groups in total. The fraction of sp³-hybridized carbons (Fsp3) is 0.636. The van der Waals surface area contributed by atoms with Crippen molar-refractivity contribution in [3.63, 3.8) is 0 Å². The van der Waals surface area contributed by atoms with Gasteiger partial charge in [-0.1, -0.05) is 0 Å². The van der Waals surface area contributed by atoms with Crippen LogP contribution in [0.4, 0.5) is 0 Å². The number of aryl methyl sites for hydroxylation is 1. The van der Waals surface area contributed by atoms with Gasteiger partial charge in [-0.3, -0.25) is 0 Å². The Morgan fingerprint density at radius 3 is 2.86 bits per heavy atom. The van der Waals surface area contributed by atoms with E-state index in [0.29, 0.717) is 0 Å². The molecule has 14 heavy (non-hydrogen) atoms. The van der Waals surface area contributed by atoms with E-state index in [2.05, 4.69) is 22.1 Å². The highest BCUT2D eigenvalue weighted by atomic mass is 32.1. The molecule has 1 heterocycles. The maximum atomic E-state index is 10.0. The van der Waals surface area contributed by atoms with Crippen LogP contribution in [-0.4, -0.2) is 24.3 Å². The normalized spacial score (nSPS) is 15.4. The SMILES string of the molecule is CNCCC(C)(O)CCc1ccsc1. The van der Waals surface area contributed by atoms with Crippen molar-refractivity contribution in [2.45, 2.75) is 31.8 Å². The van der Waals surface area contributed by atoms with Gasteiger partial charge in [0.05, 0.1) is 5.60 Å². The lowest BCUT2D eigenvalue weighted by Gasteiger charge is -2.22. The molecular weight excluding hydrogens is 194 g/mol. The van der Waals surface area contributed by atoms with Crippen molar-refractivity contribution in [2.75, 3.05) is 13.6 Å². The average Bonchev–Trinajstić information content (AvgIpc) is 2.64. The van der Waals surface area contributed by atoms with Gasteiger partial charge < -0.3 is 10.4 Å². The van der Waals surface area contributed by atoms with E-state index < -0.39 is 5.60 Å². The number of aliphatic hydroxyl groups is 1. The van der Waals surface area contributed by atoms with E-state index in [4.69, 9.17) is 0 Å². The zero-order chi connectivity index (χ0) is 10.4. The number of nitrogens with one attached hydrogen (secondary N) is 1. The molecule has 0 radical (unpaired) electrons. The Labute approximate surface area is 90.0 Å². The monoisotopic (exact) mass is 213 g/mol. The van der Waals surface area contributed by atoms with E-state index in [1.807, 2.05) is 14.0 Å². The molecule has 0 saturated carbocycles. The van der Waals surface area contributed by atoms with Gasteiger partial charge in [0.15, 0.2) is 0 Å². The Bertz CT molecular complexity index is 244. The molecule has 0 amide bonds. The van der Waals surface area contributed by atoms with Crippen molar-refractivity contribution in [1.29, 1.82) is 0 Å². The minimum absolute atomic E-state index is 0.537. The Balaban J connectivity index is 2.28. The number of hydrogen-bond donors (Lipinski definition) is 2. The van der Waals surface area contributed by atoms with Gasteiger partial charge in [-0.05, 0) is 62.2 Å². The average molecular weight is 213 g/mol. The highest BCUT2D eigenvalue weighted by Crippen LogP contribution is 2.18. The highest BCUT2D eigenvalue weighted by molar-refractivity contribution is 7.07. The van der Waals surface area contributed by atoms with Crippen molar-refractivity contribution >= 4 is 11.3 Å². The lowest BCUT2D eigenvalue weighted by molar-refractivity contribution is 0.0431. The molecule has 1 aromatic heterocycles. The fourth-order valence-electron chi connectivity index (χ4n) is 1.37. The molecule has 80 valence electrons. The molecule has 0 aliphatic carbocycles. The van der Waals surface area contributed by atoms with Crippen LogP contribution in [0.3, 0.4) is 0 Å². The predicted octanol–water partition coefficient (Wildman–Crippen LogP) is 2.04. The first-order valence-corrected chi connectivity index (χ1v) is 5.96. The molecule has 3 heteroatoms. The molecule has 1 unspecified atom stereocenters. The Kier molecular flexibility index (Phi) is 4.58. The quantitative estimate of drug-likeness (QED) is 0.758. The molecule has 2 nitrogen and oxygen atoms in total. The van der Waals surface area contributed by atoms with E-state index in [0.717, 1.165) is 25.8 Å². The first-order chi connectivity index (χ1) is 6.64. The lowest BCUT2D eigenvalue weighted by atomic mass is 9.94. The topological polar surface area (TPSA) is 32.3 Å². The fourth-order valence-corrected chi connectivity index (χ4v) is 2.07. The van der Waals surface area contributed by atoms with Gasteiger partial charge in [0.25, 0.3) is 0 Å². The van der Waals surface area contributed by atoms with Crippen molar-refractivity contribution < 1.29 is 5.11 Å². The van der Waals surface area contributed by atoms with E-state index in [9.17, 15) is 5.11 Å². The standard InChI is InChI=1S/C11H19NOS/c1-11(13,6-7-12-2)5-3-10-4-8-14-9-10/h4,8-9,12-13H,3,5-7H2,1-2H3. The molecule has 1 aromatic rings. The summed E-state index contributed by atoms with van der Waals surface area (Å²) < 4.78 is 0. The first-order valence-electron chi connectivity index (χ1n) is 5.02. The van der Waals surface area contributed by atoms with E-state index in [1.165, 1.54) is 5.56 Å². The van der Waals surface area contributed by atoms with Gasteiger partial charge in [-0.15, -0.1) is 0 Å². The van der Waals surface area contributed by atoms with Gasteiger partial charge in [0, 0.05) is 0 Å². The van der Waals surface area contributed by atoms with Gasteiger partial charge in [-0.2, -0.15) is 11.3 Å². The number of thiophene rings is 1. The maximum absolute atomic E-state index is 10.0. The maximum Gasteiger partial charge on any atom is 0.0635 e. The van der Waals surface area contributed by atoms with E-state index >= 15 is 0 Å². The molecule has 0 aromatic carbocycles. The van der Waals surface area contributed by atoms with Gasteiger partial charge >= 0.3 is 0 Å². The van der Waals surface area contributed by atoms with Crippen LogP contribution >= 0.6 is 11.3 Å². The lowest BCUT2D eigenvalue weighted by Crippen LogP contribution is -2.29. The van der Waals surface area contributed by atoms with Gasteiger partial charge in [-0.25, -0.2) is 0 Å². The molecule has 0 aliphatic rings. The Morgan fingerprint density at radius 2 is 2.29 bits per heavy atom. The summed E-state index contributed by atoms with van der Waals surface area (Å²) in [4.78, 5) is 0. The summed E-state index contributed by atoms with van der Waals surface area (Å²) in [6, 6.07) is 2.12. The van der Waals surface area contributed by atoms with Crippen molar-refractivity contribution in [1.82, 2.24) is 5.32 Å². The zero-order valence-electron chi connectivity index (χ0n) is 8.92. The number of rotatable bonds is 6. The predicted molar refractivity (Wildman–Crippen MR) is 61.8 cm³/mol. The summed E-state index contributed by atoms with van der Waals surface area (Å²) in [7, 11) is 1.91. The molecule has 0 saturated heterocycles. The molecule has 1 atom stereocenters. The minimum Gasteiger partial charge on any atom is -0.390 e. The number of hydrogen-bond acceptors (Lipinski definition) is 3. The van der Waals surface area contributed by atoms with Crippen LogP contribution in [0.25, 0.3) is 0 Å². The third-order valence-corrected chi connectivity index (χ3v) is 3.18. The highest BCUT2D eigenvalue weighted by Gasteiger charge is 2.18. The Morgan fingerprint density at radius 1 is 1.50 bits per heavy atom. The molecular formula is C11H19NOS. The van der Waals surface area contributed by atoms with Crippen LogP contribution in [-0.2, 0) is 6.42 Å². The van der Waals surface area contributed by atoms with Gasteiger partial charge in [0.1, 0.15) is 0 Å². The van der Waals surface area contributed by atoms with Crippen LogP contribution in [0.2, 0.25) is 0 Å². The summed E-state index contributed by atoms with van der Waals surface area (Å²) >= 11 is 1.71. The second-order valence-electron chi connectivity index (χ2n) is 3.98. The summed E-state index contributed by atoms with van der Waals surface area (Å²) in [5.74, 6) is 0. The van der Waals surface area contributed by atoms with E-state index in [1.54, 1.807) is 11.3 Å².